The number of hydrogen-bond acceptors (Lipinski definition) is 2. The van der Waals surface area contributed by atoms with Crippen molar-refractivity contribution in [2.75, 3.05) is 7.11 Å². The topological polar surface area (TPSA) is 66.8 Å². The fraction of sp³-hybridized carbons (Fsp3) is 0.312. The van der Waals surface area contributed by atoms with Crippen LogP contribution in [0.4, 0.5) is 4.79 Å². The second kappa shape index (κ2) is 9.67. The highest BCUT2D eigenvalue weighted by atomic mass is 16.6. The van der Waals surface area contributed by atoms with Gasteiger partial charge in [0.1, 0.15) is 5.75 Å². The van der Waals surface area contributed by atoms with Gasteiger partial charge in [0.15, 0.2) is 0 Å². The van der Waals surface area contributed by atoms with E-state index in [1.54, 1.807) is 7.11 Å². The molecular formula is C16H22O4. The van der Waals surface area contributed by atoms with Crippen molar-refractivity contribution in [2.45, 2.75) is 20.8 Å². The Morgan fingerprint density at radius 1 is 1.20 bits per heavy atom. The smallest absolute Gasteiger partial charge is 0.497 e. The molecule has 4 nitrogen and oxygen atoms in total. The normalized spacial score (nSPS) is 11.2. The number of carboxylic acid groups (broad SMARTS) is 2. The summed E-state index contributed by atoms with van der Waals surface area (Å²) in [5, 5.41) is 13.9. The number of allylic oxidation sites excluding steroid dienone is 4. The van der Waals surface area contributed by atoms with Gasteiger partial charge < -0.3 is 14.9 Å². The van der Waals surface area contributed by atoms with Gasteiger partial charge in [-0.1, -0.05) is 44.2 Å². The maximum absolute atomic E-state index is 8.56. The van der Waals surface area contributed by atoms with Gasteiger partial charge in [-0.2, -0.15) is 0 Å². The molecule has 0 aliphatic carbocycles. The summed E-state index contributed by atoms with van der Waals surface area (Å²) >= 11 is 0. The zero-order valence-electron chi connectivity index (χ0n) is 12.3. The van der Waals surface area contributed by atoms with E-state index < -0.39 is 6.16 Å². The Kier molecular flexibility index (Phi) is 8.59. The first kappa shape index (κ1) is 17.8. The van der Waals surface area contributed by atoms with Crippen molar-refractivity contribution in [2.24, 2.45) is 5.92 Å². The van der Waals surface area contributed by atoms with Crippen LogP contribution in [0, 0.1) is 5.92 Å². The summed E-state index contributed by atoms with van der Waals surface area (Å²) in [4.78, 5) is 8.56. The van der Waals surface area contributed by atoms with Crippen LogP contribution in [0.2, 0.25) is 0 Å². The van der Waals surface area contributed by atoms with E-state index in [0.29, 0.717) is 5.92 Å². The number of methoxy groups -OCH3 is 1. The van der Waals surface area contributed by atoms with Crippen LogP contribution in [0.3, 0.4) is 0 Å². The molecule has 2 N–H and O–H groups in total. The van der Waals surface area contributed by atoms with E-state index in [9.17, 15) is 0 Å². The lowest BCUT2D eigenvalue weighted by Crippen LogP contribution is -1.93. The van der Waals surface area contributed by atoms with Crippen molar-refractivity contribution in [1.29, 1.82) is 0 Å². The Morgan fingerprint density at radius 2 is 1.70 bits per heavy atom. The molecule has 0 atom stereocenters. The molecule has 1 aromatic carbocycles. The van der Waals surface area contributed by atoms with Crippen LogP contribution < -0.4 is 4.74 Å². The van der Waals surface area contributed by atoms with Crippen LogP contribution in [0.5, 0.6) is 5.75 Å². The summed E-state index contributed by atoms with van der Waals surface area (Å²) in [6.45, 7) is 6.45. The molecule has 0 heterocycles. The first-order chi connectivity index (χ1) is 9.42. The van der Waals surface area contributed by atoms with Gasteiger partial charge in [-0.25, -0.2) is 4.79 Å². The molecule has 0 saturated heterocycles. The van der Waals surface area contributed by atoms with Gasteiger partial charge in [-0.15, -0.1) is 0 Å². The summed E-state index contributed by atoms with van der Waals surface area (Å²) in [6, 6.07) is 8.21. The van der Waals surface area contributed by atoms with Crippen LogP contribution in [-0.2, 0) is 0 Å². The molecule has 110 valence electrons. The van der Waals surface area contributed by atoms with E-state index in [4.69, 9.17) is 19.7 Å². The summed E-state index contributed by atoms with van der Waals surface area (Å²) in [7, 11) is 1.69. The lowest BCUT2D eigenvalue weighted by molar-refractivity contribution is 0.137. The summed E-state index contributed by atoms with van der Waals surface area (Å²) in [6.07, 6.45) is 4.47. The lowest BCUT2D eigenvalue weighted by atomic mass is 9.95. The molecule has 4 heteroatoms. The van der Waals surface area contributed by atoms with Crippen molar-refractivity contribution in [1.82, 2.24) is 0 Å². The van der Waals surface area contributed by atoms with Gasteiger partial charge in [0.05, 0.1) is 7.11 Å². The minimum Gasteiger partial charge on any atom is -0.497 e. The summed E-state index contributed by atoms with van der Waals surface area (Å²) in [5.41, 5.74) is 2.61. The Morgan fingerprint density at radius 3 is 2.05 bits per heavy atom. The van der Waals surface area contributed by atoms with Crippen LogP contribution in [0.1, 0.15) is 26.3 Å². The number of benzene rings is 1. The van der Waals surface area contributed by atoms with Crippen LogP contribution in [-0.4, -0.2) is 23.5 Å². The van der Waals surface area contributed by atoms with E-state index in [2.05, 4.69) is 38.1 Å². The van der Waals surface area contributed by atoms with Crippen LogP contribution in [0.15, 0.2) is 42.5 Å². The van der Waals surface area contributed by atoms with Gasteiger partial charge in [0, 0.05) is 0 Å². The largest absolute Gasteiger partial charge is 0.503 e. The average molecular weight is 278 g/mol. The number of rotatable bonds is 4. The molecule has 0 radical (unpaired) electrons. The van der Waals surface area contributed by atoms with E-state index in [0.717, 1.165) is 5.75 Å². The molecule has 1 rings (SSSR count). The Labute approximate surface area is 120 Å². The molecular weight excluding hydrogens is 256 g/mol. The molecule has 0 aromatic heterocycles. The molecule has 0 bridgehead atoms. The quantitative estimate of drug-likeness (QED) is 0.794. The number of ether oxygens (including phenoxy) is 1. The zero-order valence-corrected chi connectivity index (χ0v) is 12.3. The highest BCUT2D eigenvalue weighted by molar-refractivity contribution is 5.68. The Bertz CT molecular complexity index is 452. The van der Waals surface area contributed by atoms with Crippen molar-refractivity contribution in [3.63, 3.8) is 0 Å². The maximum Gasteiger partial charge on any atom is 0.503 e. The van der Waals surface area contributed by atoms with Gasteiger partial charge in [-0.3, -0.25) is 0 Å². The molecule has 0 amide bonds. The summed E-state index contributed by atoms with van der Waals surface area (Å²) in [5.74, 6) is 1.42. The molecule has 0 spiro atoms. The fourth-order valence-electron chi connectivity index (χ4n) is 1.61. The first-order valence-electron chi connectivity index (χ1n) is 6.31. The van der Waals surface area contributed by atoms with E-state index in [1.807, 2.05) is 25.1 Å². The van der Waals surface area contributed by atoms with E-state index in [-0.39, 0.29) is 0 Å². The Hall–Kier alpha value is -2.23. The van der Waals surface area contributed by atoms with Crippen LogP contribution in [0.25, 0.3) is 5.57 Å². The maximum atomic E-state index is 8.56. The van der Waals surface area contributed by atoms with Crippen molar-refractivity contribution in [3.8, 4) is 5.75 Å². The Balaban J connectivity index is 0.000000796. The van der Waals surface area contributed by atoms with Gasteiger partial charge in [-0.05, 0) is 36.1 Å². The highest BCUT2D eigenvalue weighted by Crippen LogP contribution is 2.25. The third-order valence-electron chi connectivity index (χ3n) is 2.51. The van der Waals surface area contributed by atoms with Gasteiger partial charge in [0.2, 0.25) is 0 Å². The van der Waals surface area contributed by atoms with Crippen molar-refractivity contribution in [3.05, 3.63) is 48.1 Å². The average Bonchev–Trinajstić information content (AvgIpc) is 2.39. The monoisotopic (exact) mass is 278 g/mol. The van der Waals surface area contributed by atoms with Gasteiger partial charge in [0.25, 0.3) is 0 Å². The van der Waals surface area contributed by atoms with Crippen molar-refractivity contribution >= 4 is 11.7 Å². The first-order valence-corrected chi connectivity index (χ1v) is 6.31. The lowest BCUT2D eigenvalue weighted by Gasteiger charge is -2.11. The van der Waals surface area contributed by atoms with Crippen molar-refractivity contribution < 1.29 is 19.7 Å². The molecule has 0 fully saturated rings. The fourth-order valence-corrected chi connectivity index (χ4v) is 1.61. The third-order valence-corrected chi connectivity index (χ3v) is 2.51. The predicted octanol–water partition coefficient (Wildman–Crippen LogP) is 4.53. The molecule has 20 heavy (non-hydrogen) atoms. The second-order valence-corrected chi connectivity index (χ2v) is 4.31. The minimum absolute atomic E-state index is 0.518. The van der Waals surface area contributed by atoms with Gasteiger partial charge >= 0.3 is 6.16 Å². The number of carbonyl (C=O) groups is 1. The molecule has 0 aliphatic heterocycles. The minimum atomic E-state index is -1.83. The predicted molar refractivity (Wildman–Crippen MR) is 81.3 cm³/mol. The SMILES string of the molecule is C/C=C/C=C(/c1ccc(OC)cc1)C(C)C.O=C(O)O. The van der Waals surface area contributed by atoms with E-state index in [1.165, 1.54) is 11.1 Å². The highest BCUT2D eigenvalue weighted by Gasteiger charge is 2.05. The number of hydrogen-bond donors (Lipinski definition) is 2. The molecule has 0 unspecified atom stereocenters. The second-order valence-electron chi connectivity index (χ2n) is 4.31. The zero-order chi connectivity index (χ0) is 15.5. The van der Waals surface area contributed by atoms with E-state index >= 15 is 0 Å². The third kappa shape index (κ3) is 7.26. The standard InChI is InChI=1S/C15H20O.CH2O3/c1-5-6-7-15(12(2)3)13-8-10-14(16-4)11-9-13;2-1(3)4/h5-12H,1-4H3;(H2,2,3,4)/b6-5+,15-7+;. The van der Waals surface area contributed by atoms with Crippen LogP contribution >= 0.6 is 0 Å². The summed E-state index contributed by atoms with van der Waals surface area (Å²) < 4.78 is 5.16. The molecule has 0 saturated carbocycles. The molecule has 0 aliphatic rings. The molecule has 1 aromatic rings.